The molecule has 0 saturated carbocycles. The molecule has 0 fully saturated rings. The number of allylic oxidation sites excluding steroid dienone is 1. The Balaban J connectivity index is 1.62. The van der Waals surface area contributed by atoms with Gasteiger partial charge in [0.1, 0.15) is 11.5 Å². The van der Waals surface area contributed by atoms with Gasteiger partial charge in [0.05, 0.1) is 0 Å². The number of hydrogen-bond donors (Lipinski definition) is 3. The summed E-state index contributed by atoms with van der Waals surface area (Å²) in [5.74, 6) is -2.99. The van der Waals surface area contributed by atoms with Gasteiger partial charge in [-0.05, 0) is 24.3 Å². The van der Waals surface area contributed by atoms with Gasteiger partial charge in [-0.15, -0.1) is 0 Å². The van der Waals surface area contributed by atoms with Crippen molar-refractivity contribution in [1.29, 1.82) is 0 Å². The number of halogens is 1. The fourth-order valence-corrected chi connectivity index (χ4v) is 2.90. The fourth-order valence-electron chi connectivity index (χ4n) is 2.90. The fraction of sp³-hybridized carbons (Fsp3) is 0.0500. The van der Waals surface area contributed by atoms with E-state index in [-0.39, 0.29) is 18.2 Å². The molecule has 1 aromatic carbocycles. The summed E-state index contributed by atoms with van der Waals surface area (Å²) in [6.07, 6.45) is 4.72. The molecule has 0 unspecified atom stereocenters. The number of aromatic nitrogens is 2. The zero-order valence-corrected chi connectivity index (χ0v) is 14.4. The molecule has 3 heterocycles. The molecular weight excluding hydrogens is 365 g/mol. The molecular formula is C20H14FN3O4. The number of hydrogen-bond acceptors (Lipinski definition) is 5. The molecule has 1 aliphatic rings. The molecule has 0 aliphatic carbocycles. The molecule has 28 heavy (non-hydrogen) atoms. The number of rotatable bonds is 5. The number of carbonyl (C=O) groups is 2. The summed E-state index contributed by atoms with van der Waals surface area (Å²) >= 11 is 0. The summed E-state index contributed by atoms with van der Waals surface area (Å²) in [6, 6.07) is 9.61. The van der Waals surface area contributed by atoms with Crippen molar-refractivity contribution in [1.82, 2.24) is 15.3 Å². The first-order valence-corrected chi connectivity index (χ1v) is 8.36. The number of carboxylic acid groups (broad SMARTS) is 1. The van der Waals surface area contributed by atoms with Gasteiger partial charge in [0.25, 0.3) is 0 Å². The number of fused-ring (bicyclic) bond motifs is 1. The third kappa shape index (κ3) is 3.11. The Bertz CT molecular complexity index is 1160. The van der Waals surface area contributed by atoms with Gasteiger partial charge in [-0.1, -0.05) is 18.2 Å². The van der Waals surface area contributed by atoms with E-state index in [2.05, 4.69) is 15.3 Å². The molecule has 4 rings (SSSR count). The van der Waals surface area contributed by atoms with Crippen molar-refractivity contribution in [2.24, 2.45) is 0 Å². The average molecular weight is 379 g/mol. The predicted octanol–water partition coefficient (Wildman–Crippen LogP) is 2.73. The number of nitrogens with one attached hydrogen (secondary N) is 2. The number of ether oxygens (including phenoxy) is 1. The summed E-state index contributed by atoms with van der Waals surface area (Å²) in [4.78, 5) is 31.2. The highest BCUT2D eigenvalue weighted by Gasteiger charge is 2.35. The molecule has 0 bridgehead atoms. The Labute approximate surface area is 158 Å². The average Bonchev–Trinajstić information content (AvgIpc) is 3.23. The van der Waals surface area contributed by atoms with Crippen LogP contribution in [0.3, 0.4) is 0 Å². The molecule has 0 radical (unpaired) electrons. The molecule has 2 aromatic heterocycles. The van der Waals surface area contributed by atoms with Gasteiger partial charge in [0.15, 0.2) is 11.3 Å². The quantitative estimate of drug-likeness (QED) is 0.465. The van der Waals surface area contributed by atoms with Crippen LogP contribution in [0.15, 0.2) is 66.0 Å². The van der Waals surface area contributed by atoms with Crippen molar-refractivity contribution >= 4 is 28.9 Å². The van der Waals surface area contributed by atoms with Crippen molar-refractivity contribution in [3.05, 3.63) is 83.0 Å². The molecule has 0 saturated heterocycles. The standard InChI is InChI=1S/C20H14FN3O4/c21-14-6-2-1-4-11(14)9-24-19-16(20(26)27)17(25)15(28-19)8-12-10-23-18-13(12)5-3-7-22-18/h1-8,10,24H,9H2,(H,22,23)(H,26,27)/b15-8-. The van der Waals surface area contributed by atoms with E-state index in [9.17, 15) is 19.1 Å². The highest BCUT2D eigenvalue weighted by atomic mass is 19.1. The number of benzene rings is 1. The second kappa shape index (κ2) is 6.99. The van der Waals surface area contributed by atoms with Crippen LogP contribution >= 0.6 is 0 Å². The van der Waals surface area contributed by atoms with Gasteiger partial charge in [-0.3, -0.25) is 4.79 Å². The minimum Gasteiger partial charge on any atom is -0.477 e. The normalized spacial score (nSPS) is 15.3. The SMILES string of the molecule is O=C(O)C1=C(NCc2ccccc2F)O/C(=C\c2c[nH]c3ncccc23)C1=O. The van der Waals surface area contributed by atoms with Gasteiger partial charge in [-0.2, -0.15) is 0 Å². The van der Waals surface area contributed by atoms with Gasteiger partial charge in [-0.25, -0.2) is 14.2 Å². The molecule has 8 heteroatoms. The van der Waals surface area contributed by atoms with Crippen LogP contribution in [0.5, 0.6) is 0 Å². The maximum atomic E-state index is 13.8. The van der Waals surface area contributed by atoms with Crippen molar-refractivity contribution < 1.29 is 23.8 Å². The van der Waals surface area contributed by atoms with Crippen LogP contribution in [0.25, 0.3) is 17.1 Å². The first-order chi connectivity index (χ1) is 13.5. The summed E-state index contributed by atoms with van der Waals surface area (Å²) in [6.45, 7) is -0.0314. The highest BCUT2D eigenvalue weighted by Crippen LogP contribution is 2.27. The number of pyridine rings is 1. The number of carbonyl (C=O) groups excluding carboxylic acids is 1. The van der Waals surface area contributed by atoms with E-state index in [1.807, 2.05) is 6.07 Å². The summed E-state index contributed by atoms with van der Waals surface area (Å²) < 4.78 is 19.2. The number of carboxylic acids is 1. The molecule has 3 N–H and O–H groups in total. The zero-order valence-electron chi connectivity index (χ0n) is 14.4. The third-order valence-corrected chi connectivity index (χ3v) is 4.27. The van der Waals surface area contributed by atoms with E-state index in [0.717, 1.165) is 5.39 Å². The second-order valence-electron chi connectivity index (χ2n) is 6.04. The summed E-state index contributed by atoms with van der Waals surface area (Å²) in [5, 5.41) is 12.9. The van der Waals surface area contributed by atoms with Crippen LogP contribution in [0.1, 0.15) is 11.1 Å². The number of H-pyrrole nitrogens is 1. The van der Waals surface area contributed by atoms with Gasteiger partial charge in [0.2, 0.25) is 11.7 Å². The Kier molecular flexibility index (Phi) is 4.36. The van der Waals surface area contributed by atoms with E-state index in [1.54, 1.807) is 36.7 Å². The van der Waals surface area contributed by atoms with Gasteiger partial charge in [0, 0.05) is 35.5 Å². The Hall–Kier alpha value is -3.94. The van der Waals surface area contributed by atoms with E-state index in [1.165, 1.54) is 12.1 Å². The minimum atomic E-state index is -1.43. The lowest BCUT2D eigenvalue weighted by Gasteiger charge is -2.08. The zero-order chi connectivity index (χ0) is 19.7. The third-order valence-electron chi connectivity index (χ3n) is 4.27. The van der Waals surface area contributed by atoms with Crippen molar-refractivity contribution in [2.75, 3.05) is 0 Å². The molecule has 0 spiro atoms. The number of aliphatic carboxylic acids is 1. The smallest absolute Gasteiger partial charge is 0.345 e. The molecule has 0 atom stereocenters. The van der Waals surface area contributed by atoms with Crippen LogP contribution in [-0.2, 0) is 20.9 Å². The largest absolute Gasteiger partial charge is 0.477 e. The Morgan fingerprint density at radius 2 is 2.11 bits per heavy atom. The van der Waals surface area contributed by atoms with Crippen molar-refractivity contribution in [3.8, 4) is 0 Å². The minimum absolute atomic E-state index is 0.0314. The van der Waals surface area contributed by atoms with Gasteiger partial charge < -0.3 is 20.1 Å². The number of aromatic amines is 1. The van der Waals surface area contributed by atoms with Crippen LogP contribution in [0, 0.1) is 5.82 Å². The molecule has 1 aliphatic heterocycles. The Morgan fingerprint density at radius 1 is 1.29 bits per heavy atom. The van der Waals surface area contributed by atoms with Crippen LogP contribution in [-0.4, -0.2) is 26.8 Å². The van der Waals surface area contributed by atoms with Crippen LogP contribution in [0.2, 0.25) is 0 Å². The van der Waals surface area contributed by atoms with E-state index < -0.39 is 23.1 Å². The van der Waals surface area contributed by atoms with Gasteiger partial charge >= 0.3 is 5.97 Å². The van der Waals surface area contributed by atoms with E-state index in [0.29, 0.717) is 16.8 Å². The van der Waals surface area contributed by atoms with E-state index in [4.69, 9.17) is 4.74 Å². The monoisotopic (exact) mass is 379 g/mol. The van der Waals surface area contributed by atoms with Crippen molar-refractivity contribution in [2.45, 2.75) is 6.54 Å². The Morgan fingerprint density at radius 3 is 2.89 bits per heavy atom. The first kappa shape index (κ1) is 17.5. The first-order valence-electron chi connectivity index (χ1n) is 8.36. The second-order valence-corrected chi connectivity index (χ2v) is 6.04. The maximum absolute atomic E-state index is 13.8. The predicted molar refractivity (Wildman–Crippen MR) is 98.1 cm³/mol. The molecule has 0 amide bonds. The van der Waals surface area contributed by atoms with Crippen LogP contribution in [0.4, 0.5) is 4.39 Å². The lowest BCUT2D eigenvalue weighted by atomic mass is 10.1. The molecule has 3 aromatic rings. The summed E-state index contributed by atoms with van der Waals surface area (Å²) in [7, 11) is 0. The van der Waals surface area contributed by atoms with E-state index >= 15 is 0 Å². The molecule has 140 valence electrons. The number of ketones is 1. The number of Topliss-reactive ketones (excluding diaryl/α,β-unsaturated/α-hetero) is 1. The van der Waals surface area contributed by atoms with Crippen molar-refractivity contribution in [3.63, 3.8) is 0 Å². The highest BCUT2D eigenvalue weighted by molar-refractivity contribution is 6.26. The van der Waals surface area contributed by atoms with Crippen LogP contribution < -0.4 is 5.32 Å². The lowest BCUT2D eigenvalue weighted by molar-refractivity contribution is -0.134. The topological polar surface area (TPSA) is 104 Å². The maximum Gasteiger partial charge on any atom is 0.345 e. The summed E-state index contributed by atoms with van der Waals surface area (Å²) in [5.41, 5.74) is 1.05. The lowest BCUT2D eigenvalue weighted by Crippen LogP contribution is -2.18. The molecule has 7 nitrogen and oxygen atoms in total. The number of nitrogens with zero attached hydrogens (tertiary/aromatic N) is 1.